The number of aromatic nitrogens is 3. The molecule has 0 aliphatic carbocycles. The molecule has 0 saturated heterocycles. The van der Waals surface area contributed by atoms with Gasteiger partial charge in [-0.1, -0.05) is 31.2 Å². The Bertz CT molecular complexity index is 2130. The third kappa shape index (κ3) is 27.7. The van der Waals surface area contributed by atoms with Crippen molar-refractivity contribution in [3.05, 3.63) is 47.3 Å². The average Bonchev–Trinajstić information content (AvgIpc) is 3.77. The number of carbonyl (C=O) groups is 10. The number of carboxylic acids is 4. The van der Waals surface area contributed by atoms with Crippen molar-refractivity contribution in [1.29, 1.82) is 0 Å². The van der Waals surface area contributed by atoms with E-state index in [2.05, 4.69) is 47.5 Å². The van der Waals surface area contributed by atoms with Gasteiger partial charge in [0.1, 0.15) is 24.7 Å². The van der Waals surface area contributed by atoms with E-state index < -0.39 is 65.6 Å². The normalized spacial score (nSPS) is 12.4. The molecule has 2 aromatic rings. The maximum Gasteiger partial charge on any atom is 0.326 e. The number of hydrogen-bond acceptors (Lipinski definition) is 17. The second kappa shape index (κ2) is 34.8. The summed E-state index contributed by atoms with van der Waals surface area (Å²) >= 11 is 1.44. The smallest absolute Gasteiger partial charge is 0.326 e. The highest BCUT2D eigenvalue weighted by Gasteiger charge is 2.31. The van der Waals surface area contributed by atoms with Crippen LogP contribution >= 0.6 is 11.8 Å². The van der Waals surface area contributed by atoms with E-state index in [4.69, 9.17) is 10.2 Å². The minimum atomic E-state index is -1.28. The first-order valence-corrected chi connectivity index (χ1v) is 25.2. The summed E-state index contributed by atoms with van der Waals surface area (Å²) in [4.78, 5) is 126. The summed E-state index contributed by atoms with van der Waals surface area (Å²) in [5, 5.41) is 63.9. The number of carboxylic acid groups (broad SMARTS) is 4. The van der Waals surface area contributed by atoms with Gasteiger partial charge < -0.3 is 57.6 Å². The summed E-state index contributed by atoms with van der Waals surface area (Å²) in [7, 11) is 0. The van der Waals surface area contributed by atoms with E-state index in [0.717, 1.165) is 0 Å². The second-order valence-electron chi connectivity index (χ2n) is 17.5. The zero-order valence-corrected chi connectivity index (χ0v) is 42.7. The Hall–Kier alpha value is -6.55. The molecule has 2 rings (SSSR count). The number of aliphatic carboxylic acids is 4. The number of rotatable bonds is 40. The topological polar surface area (TPSA) is 373 Å². The number of benzene rings is 1. The molecule has 406 valence electrons. The predicted octanol–water partition coefficient (Wildman–Crippen LogP) is -2.00. The third-order valence-corrected chi connectivity index (χ3v) is 11.5. The van der Waals surface area contributed by atoms with Crippen LogP contribution in [0.1, 0.15) is 74.5 Å². The molecule has 11 N–H and O–H groups in total. The van der Waals surface area contributed by atoms with Crippen LogP contribution in [0.2, 0.25) is 0 Å². The van der Waals surface area contributed by atoms with Gasteiger partial charge in [-0.25, -0.2) is 9.48 Å². The van der Waals surface area contributed by atoms with E-state index >= 15 is 0 Å². The number of ketones is 1. The van der Waals surface area contributed by atoms with Crippen molar-refractivity contribution in [1.82, 2.24) is 62.0 Å². The van der Waals surface area contributed by atoms with Gasteiger partial charge in [-0.2, -0.15) is 11.8 Å². The Labute approximate surface area is 427 Å². The molecule has 0 spiro atoms. The highest BCUT2D eigenvalue weighted by Crippen LogP contribution is 2.11. The number of nitrogens with one attached hydrogen (secondary N) is 7. The molecular formula is C46H72N12O14S. The standard InChI is InChI=1S/C46H72N12O14S/c1-30(2)42(45(70)52-36(46(71)72)7-5-6-15-49-37(60)13-12-34-27-58(55-54-34)26-31(3)59)53-44(69)35(14-22-73-4)51-43(68)33-10-8-32(9-11-33)23-50-38(61)28-56(18-16-47-24-39(62)63)20-21-57(29-41(66)67)19-17-48-25-40(64)65/h8-11,27,30,35-36,42,47-48H,5-7,12-26,28-29H2,1-4H3,(H,49,60)(H,50,61)(H,51,68)(H,52,70)(H,53,69)(H,62,63)(H,64,65)(H,66,67)(H,71,72)/t35-,36-,42-/m0/s1. The Morgan fingerprint density at radius 2 is 1.33 bits per heavy atom. The van der Waals surface area contributed by atoms with Crippen molar-refractivity contribution in [3.8, 4) is 0 Å². The first kappa shape index (κ1) is 62.6. The summed E-state index contributed by atoms with van der Waals surface area (Å²) in [5.74, 6) is -7.13. The molecule has 0 radical (unpaired) electrons. The van der Waals surface area contributed by atoms with Crippen molar-refractivity contribution in [2.24, 2.45) is 5.92 Å². The zero-order chi connectivity index (χ0) is 54.3. The number of Topliss-reactive ketones (excluding diaryl/α,β-unsaturated/α-hetero) is 1. The van der Waals surface area contributed by atoms with E-state index in [1.165, 1.54) is 35.5 Å². The fourth-order valence-electron chi connectivity index (χ4n) is 6.96. The van der Waals surface area contributed by atoms with Crippen LogP contribution in [0.5, 0.6) is 0 Å². The van der Waals surface area contributed by atoms with Gasteiger partial charge in [0, 0.05) is 77.0 Å². The molecule has 73 heavy (non-hydrogen) atoms. The lowest BCUT2D eigenvalue weighted by molar-refractivity contribution is -0.143. The minimum Gasteiger partial charge on any atom is -0.480 e. The van der Waals surface area contributed by atoms with Crippen LogP contribution in [-0.2, 0) is 62.7 Å². The van der Waals surface area contributed by atoms with Crippen LogP contribution in [0, 0.1) is 5.92 Å². The Kier molecular flexibility index (Phi) is 29.8. The van der Waals surface area contributed by atoms with E-state index in [1.807, 2.05) is 6.26 Å². The lowest BCUT2D eigenvalue weighted by Gasteiger charge is -2.27. The molecule has 1 aromatic heterocycles. The maximum absolute atomic E-state index is 13.7. The van der Waals surface area contributed by atoms with Crippen LogP contribution in [0.25, 0.3) is 0 Å². The highest BCUT2D eigenvalue weighted by atomic mass is 32.2. The first-order valence-electron chi connectivity index (χ1n) is 23.8. The number of nitrogens with zero attached hydrogens (tertiary/aromatic N) is 5. The molecule has 5 amide bonds. The van der Waals surface area contributed by atoms with Gasteiger partial charge >= 0.3 is 23.9 Å². The lowest BCUT2D eigenvalue weighted by atomic mass is 10.0. The number of thioether (sulfide) groups is 1. The molecule has 1 heterocycles. The van der Waals surface area contributed by atoms with Gasteiger partial charge in [-0.15, -0.1) is 5.10 Å². The van der Waals surface area contributed by atoms with E-state index in [9.17, 15) is 58.2 Å². The van der Waals surface area contributed by atoms with Gasteiger partial charge in [-0.3, -0.25) is 53.0 Å². The van der Waals surface area contributed by atoms with Crippen LogP contribution < -0.4 is 37.2 Å². The average molecular weight is 1050 g/mol. The second-order valence-corrected chi connectivity index (χ2v) is 18.4. The Morgan fingerprint density at radius 3 is 1.89 bits per heavy atom. The number of amides is 5. The SMILES string of the molecule is CSCC[C@H](NC(=O)c1ccc(CNC(=O)CN(CCNCC(=O)O)CCN(CCNCC(=O)O)CC(=O)O)cc1)C(=O)N[C@H](C(=O)N[C@@H](CCCCNC(=O)CCc1cn(CC(C)=O)nn1)C(=O)O)C(C)C. The number of carbonyl (C=O) groups excluding carboxylic acids is 6. The summed E-state index contributed by atoms with van der Waals surface area (Å²) in [5.41, 5.74) is 1.40. The molecule has 0 unspecified atom stereocenters. The minimum absolute atomic E-state index is 0.0520. The van der Waals surface area contributed by atoms with E-state index in [0.29, 0.717) is 36.3 Å². The predicted molar refractivity (Wildman–Crippen MR) is 266 cm³/mol. The Morgan fingerprint density at radius 1 is 0.699 bits per heavy atom. The molecule has 0 fully saturated rings. The fraction of sp³-hybridized carbons (Fsp3) is 0.609. The quantitative estimate of drug-likeness (QED) is 0.0322. The molecule has 0 aliphatic heterocycles. The summed E-state index contributed by atoms with van der Waals surface area (Å²) in [6, 6.07) is 2.78. The van der Waals surface area contributed by atoms with Crippen LogP contribution in [0.4, 0.5) is 0 Å². The molecule has 0 bridgehead atoms. The summed E-state index contributed by atoms with van der Waals surface area (Å²) in [6.07, 6.45) is 4.93. The van der Waals surface area contributed by atoms with Crippen LogP contribution in [-0.4, -0.2) is 207 Å². The van der Waals surface area contributed by atoms with Gasteiger partial charge in [0.15, 0.2) is 5.78 Å². The molecule has 1 aromatic carbocycles. The molecule has 0 saturated carbocycles. The largest absolute Gasteiger partial charge is 0.480 e. The van der Waals surface area contributed by atoms with Gasteiger partial charge in [0.25, 0.3) is 5.91 Å². The van der Waals surface area contributed by atoms with E-state index in [-0.39, 0.29) is 128 Å². The van der Waals surface area contributed by atoms with Crippen molar-refractivity contribution >= 4 is 71.0 Å². The van der Waals surface area contributed by atoms with Crippen molar-refractivity contribution in [2.75, 3.05) is 84.0 Å². The molecule has 26 nitrogen and oxygen atoms in total. The number of hydrogen-bond donors (Lipinski definition) is 11. The van der Waals surface area contributed by atoms with Crippen LogP contribution in [0.3, 0.4) is 0 Å². The van der Waals surface area contributed by atoms with Crippen LogP contribution in [0.15, 0.2) is 30.5 Å². The summed E-state index contributed by atoms with van der Waals surface area (Å²) < 4.78 is 1.40. The molecule has 27 heteroatoms. The zero-order valence-electron chi connectivity index (χ0n) is 41.9. The van der Waals surface area contributed by atoms with Gasteiger partial charge in [0.05, 0.1) is 31.9 Å². The fourth-order valence-corrected chi connectivity index (χ4v) is 7.43. The number of aryl methyl sites for hydroxylation is 1. The lowest BCUT2D eigenvalue weighted by Crippen LogP contribution is -2.57. The Balaban J connectivity index is 1.95. The highest BCUT2D eigenvalue weighted by molar-refractivity contribution is 7.98. The third-order valence-electron chi connectivity index (χ3n) is 10.8. The monoisotopic (exact) mass is 1050 g/mol. The van der Waals surface area contributed by atoms with Gasteiger partial charge in [-0.05, 0) is 68.2 Å². The van der Waals surface area contributed by atoms with Crippen molar-refractivity contribution in [3.63, 3.8) is 0 Å². The molecular weight excluding hydrogens is 977 g/mol. The van der Waals surface area contributed by atoms with E-state index in [1.54, 1.807) is 42.0 Å². The van der Waals surface area contributed by atoms with Crippen molar-refractivity contribution in [2.45, 2.75) is 90.5 Å². The number of unbranched alkanes of at least 4 members (excludes halogenated alkanes) is 1. The molecule has 3 atom stereocenters. The van der Waals surface area contributed by atoms with Gasteiger partial charge in [0.2, 0.25) is 23.6 Å². The maximum atomic E-state index is 13.7. The first-order chi connectivity index (χ1) is 34.7. The summed E-state index contributed by atoms with van der Waals surface area (Å²) in [6.45, 7) is 5.55. The molecule has 0 aliphatic rings. The van der Waals surface area contributed by atoms with Crippen molar-refractivity contribution < 1.29 is 68.4 Å².